The number of carbonyl (C=O) groups excluding carboxylic acids is 1. The minimum Gasteiger partial charge on any atom is -0.496 e. The first-order valence-electron chi connectivity index (χ1n) is 8.59. The highest BCUT2D eigenvalue weighted by atomic mass is 16.6. The van der Waals surface area contributed by atoms with E-state index in [1.165, 1.54) is 0 Å². The molecule has 0 N–H and O–H groups in total. The Bertz CT molecular complexity index is 927. The van der Waals surface area contributed by atoms with Crippen molar-refractivity contribution in [1.82, 2.24) is 9.97 Å². The molecule has 6 nitrogen and oxygen atoms in total. The number of esters is 1. The van der Waals surface area contributed by atoms with E-state index < -0.39 is 0 Å². The van der Waals surface area contributed by atoms with Crippen molar-refractivity contribution in [3.63, 3.8) is 0 Å². The summed E-state index contributed by atoms with van der Waals surface area (Å²) in [6, 6.07) is 16.4. The van der Waals surface area contributed by atoms with Crippen LogP contribution in [-0.4, -0.2) is 23.0 Å². The molecule has 0 aliphatic carbocycles. The molecule has 0 aliphatic heterocycles. The van der Waals surface area contributed by atoms with Gasteiger partial charge in [-0.05, 0) is 30.3 Å². The summed E-state index contributed by atoms with van der Waals surface area (Å²) in [4.78, 5) is 20.4. The van der Waals surface area contributed by atoms with Crippen LogP contribution in [0, 0.1) is 0 Å². The Labute approximate surface area is 157 Å². The molecular formula is C21H20N2O4. The molecule has 6 heteroatoms. The third kappa shape index (κ3) is 4.61. The van der Waals surface area contributed by atoms with Crippen LogP contribution in [0.5, 0.6) is 17.2 Å². The van der Waals surface area contributed by atoms with Crippen molar-refractivity contribution >= 4 is 5.97 Å². The lowest BCUT2D eigenvalue weighted by atomic mass is 10.2. The van der Waals surface area contributed by atoms with Gasteiger partial charge in [0.2, 0.25) is 0 Å². The lowest BCUT2D eigenvalue weighted by molar-refractivity contribution is -0.134. The largest absolute Gasteiger partial charge is 0.496 e. The summed E-state index contributed by atoms with van der Waals surface area (Å²) in [5.41, 5.74) is 1.50. The Kier molecular flexibility index (Phi) is 5.99. The summed E-state index contributed by atoms with van der Waals surface area (Å²) in [7, 11) is 1.61. The topological polar surface area (TPSA) is 70.5 Å². The zero-order valence-corrected chi connectivity index (χ0v) is 15.2. The second kappa shape index (κ2) is 8.80. The SMILES string of the molecule is CCC(=O)Oc1ccccc1OCc1ccnc(-c2ccccc2OC)n1. The van der Waals surface area contributed by atoms with E-state index in [0.717, 1.165) is 5.56 Å². The van der Waals surface area contributed by atoms with E-state index in [1.807, 2.05) is 30.3 Å². The van der Waals surface area contributed by atoms with Crippen molar-refractivity contribution in [2.75, 3.05) is 7.11 Å². The maximum atomic E-state index is 11.6. The van der Waals surface area contributed by atoms with Crippen molar-refractivity contribution in [2.45, 2.75) is 20.0 Å². The van der Waals surface area contributed by atoms with E-state index in [4.69, 9.17) is 14.2 Å². The third-order valence-corrected chi connectivity index (χ3v) is 3.80. The number of methoxy groups -OCH3 is 1. The second-order valence-corrected chi connectivity index (χ2v) is 5.63. The second-order valence-electron chi connectivity index (χ2n) is 5.63. The van der Waals surface area contributed by atoms with E-state index in [-0.39, 0.29) is 12.6 Å². The zero-order chi connectivity index (χ0) is 19.1. The minimum atomic E-state index is -0.313. The van der Waals surface area contributed by atoms with Crippen molar-refractivity contribution in [3.8, 4) is 28.6 Å². The van der Waals surface area contributed by atoms with Gasteiger partial charge in [-0.25, -0.2) is 9.97 Å². The van der Waals surface area contributed by atoms with Crippen LogP contribution in [0.25, 0.3) is 11.4 Å². The zero-order valence-electron chi connectivity index (χ0n) is 15.2. The average Bonchev–Trinajstić information content (AvgIpc) is 2.73. The monoisotopic (exact) mass is 364 g/mol. The number of carbonyl (C=O) groups is 1. The Morgan fingerprint density at radius 1 is 0.963 bits per heavy atom. The molecule has 0 bridgehead atoms. The van der Waals surface area contributed by atoms with Crippen LogP contribution in [-0.2, 0) is 11.4 Å². The third-order valence-electron chi connectivity index (χ3n) is 3.80. The first-order chi connectivity index (χ1) is 13.2. The molecule has 0 spiro atoms. The smallest absolute Gasteiger partial charge is 0.311 e. The molecule has 27 heavy (non-hydrogen) atoms. The Balaban J connectivity index is 1.77. The lowest BCUT2D eigenvalue weighted by Gasteiger charge is -2.12. The van der Waals surface area contributed by atoms with Crippen LogP contribution < -0.4 is 14.2 Å². The summed E-state index contributed by atoms with van der Waals surface area (Å²) >= 11 is 0. The van der Waals surface area contributed by atoms with Crippen LogP contribution in [0.4, 0.5) is 0 Å². The standard InChI is InChI=1S/C21H20N2O4/c1-3-20(24)27-19-11-7-6-10-18(19)26-14-15-12-13-22-21(23-15)16-8-4-5-9-17(16)25-2/h4-13H,3,14H2,1-2H3. The number of hydrogen-bond acceptors (Lipinski definition) is 6. The molecule has 138 valence electrons. The fourth-order valence-electron chi connectivity index (χ4n) is 2.44. The number of nitrogens with zero attached hydrogens (tertiary/aromatic N) is 2. The number of rotatable bonds is 7. The molecule has 3 aromatic rings. The predicted octanol–water partition coefficient (Wildman–Crippen LogP) is 4.05. The number of para-hydroxylation sites is 3. The van der Waals surface area contributed by atoms with Gasteiger partial charge in [0.1, 0.15) is 12.4 Å². The molecule has 0 saturated heterocycles. The summed E-state index contributed by atoms with van der Waals surface area (Å²) in [6.07, 6.45) is 1.97. The fraction of sp³-hybridized carbons (Fsp3) is 0.190. The lowest BCUT2D eigenvalue weighted by Crippen LogP contribution is -2.07. The minimum absolute atomic E-state index is 0.214. The molecule has 2 aromatic carbocycles. The summed E-state index contributed by atoms with van der Waals surface area (Å²) in [5, 5.41) is 0. The molecule has 1 aromatic heterocycles. The van der Waals surface area contributed by atoms with Gasteiger partial charge in [-0.2, -0.15) is 0 Å². The maximum Gasteiger partial charge on any atom is 0.311 e. The number of ether oxygens (including phenoxy) is 3. The molecule has 0 amide bonds. The highest BCUT2D eigenvalue weighted by molar-refractivity contribution is 5.72. The van der Waals surface area contributed by atoms with Crippen LogP contribution in [0.1, 0.15) is 19.0 Å². The Morgan fingerprint density at radius 3 is 2.41 bits per heavy atom. The van der Waals surface area contributed by atoms with Gasteiger partial charge in [-0.3, -0.25) is 4.79 Å². The number of benzene rings is 2. The quantitative estimate of drug-likeness (QED) is 0.465. The molecular weight excluding hydrogens is 344 g/mol. The van der Waals surface area contributed by atoms with Gasteiger partial charge in [0.05, 0.1) is 18.4 Å². The van der Waals surface area contributed by atoms with E-state index in [9.17, 15) is 4.79 Å². The first-order valence-corrected chi connectivity index (χ1v) is 8.59. The summed E-state index contributed by atoms with van der Waals surface area (Å²) in [6.45, 7) is 1.96. The molecule has 0 radical (unpaired) electrons. The van der Waals surface area contributed by atoms with Crippen molar-refractivity contribution in [3.05, 3.63) is 66.5 Å². The molecule has 1 heterocycles. The van der Waals surface area contributed by atoms with Gasteiger partial charge in [-0.1, -0.05) is 31.2 Å². The van der Waals surface area contributed by atoms with Crippen molar-refractivity contribution in [1.29, 1.82) is 0 Å². The highest BCUT2D eigenvalue weighted by Gasteiger charge is 2.11. The normalized spacial score (nSPS) is 10.3. The fourth-order valence-corrected chi connectivity index (χ4v) is 2.44. The molecule has 0 aliphatic rings. The van der Waals surface area contributed by atoms with E-state index >= 15 is 0 Å². The van der Waals surface area contributed by atoms with Crippen molar-refractivity contribution < 1.29 is 19.0 Å². The Morgan fingerprint density at radius 2 is 1.67 bits per heavy atom. The van der Waals surface area contributed by atoms with Crippen molar-refractivity contribution in [2.24, 2.45) is 0 Å². The highest BCUT2D eigenvalue weighted by Crippen LogP contribution is 2.29. The van der Waals surface area contributed by atoms with E-state index in [1.54, 1.807) is 44.5 Å². The van der Waals surface area contributed by atoms with Gasteiger partial charge in [0.15, 0.2) is 17.3 Å². The molecule has 0 saturated carbocycles. The first kappa shape index (κ1) is 18.4. The molecule has 0 atom stereocenters. The van der Waals surface area contributed by atoms with E-state index in [2.05, 4.69) is 9.97 Å². The van der Waals surface area contributed by atoms with Crippen LogP contribution >= 0.6 is 0 Å². The maximum absolute atomic E-state index is 11.6. The van der Waals surface area contributed by atoms with Gasteiger partial charge >= 0.3 is 5.97 Å². The average molecular weight is 364 g/mol. The van der Waals surface area contributed by atoms with E-state index in [0.29, 0.717) is 35.2 Å². The molecule has 0 unspecified atom stereocenters. The van der Waals surface area contributed by atoms with Crippen LogP contribution in [0.2, 0.25) is 0 Å². The number of aromatic nitrogens is 2. The van der Waals surface area contributed by atoms with Gasteiger partial charge < -0.3 is 14.2 Å². The van der Waals surface area contributed by atoms with Crippen LogP contribution in [0.3, 0.4) is 0 Å². The van der Waals surface area contributed by atoms with Gasteiger partial charge in [0.25, 0.3) is 0 Å². The molecule has 0 fully saturated rings. The van der Waals surface area contributed by atoms with Crippen LogP contribution in [0.15, 0.2) is 60.8 Å². The summed E-state index contributed by atoms with van der Waals surface area (Å²) in [5.74, 6) is 1.82. The van der Waals surface area contributed by atoms with Gasteiger partial charge in [0, 0.05) is 12.6 Å². The molecule has 3 rings (SSSR count). The number of hydrogen-bond donors (Lipinski definition) is 0. The summed E-state index contributed by atoms with van der Waals surface area (Å²) < 4.78 is 16.5. The Hall–Kier alpha value is -3.41. The van der Waals surface area contributed by atoms with Gasteiger partial charge in [-0.15, -0.1) is 0 Å². The predicted molar refractivity (Wildman–Crippen MR) is 101 cm³/mol.